The molecule has 0 aromatic carbocycles. The van der Waals surface area contributed by atoms with Crippen LogP contribution in [0.2, 0.25) is 0 Å². The zero-order valence-electron chi connectivity index (χ0n) is 11.0. The first-order chi connectivity index (χ1) is 6.92. The summed E-state index contributed by atoms with van der Waals surface area (Å²) < 4.78 is 0. The van der Waals surface area contributed by atoms with Crippen LogP contribution in [0.5, 0.6) is 0 Å². The third kappa shape index (κ3) is 4.09. The van der Waals surface area contributed by atoms with Crippen LogP contribution < -0.4 is 5.32 Å². The summed E-state index contributed by atoms with van der Waals surface area (Å²) >= 11 is 0. The fourth-order valence-electron chi connectivity index (χ4n) is 1.76. The maximum absolute atomic E-state index is 3.70. The predicted molar refractivity (Wildman–Crippen MR) is 66.3 cm³/mol. The molecule has 0 atom stereocenters. The Hall–Kier alpha value is -0.120. The van der Waals surface area contributed by atoms with Crippen molar-refractivity contribution in [2.45, 2.75) is 38.3 Å². The second-order valence-electron chi connectivity index (χ2n) is 5.67. The fraction of sp³-hybridized carbons (Fsp3) is 1.00. The van der Waals surface area contributed by atoms with E-state index in [9.17, 15) is 0 Å². The lowest BCUT2D eigenvalue weighted by molar-refractivity contribution is 0.168. The maximum atomic E-state index is 3.70. The van der Waals surface area contributed by atoms with Gasteiger partial charge in [0.25, 0.3) is 0 Å². The molecule has 3 heteroatoms. The second kappa shape index (κ2) is 5.28. The van der Waals surface area contributed by atoms with Crippen molar-refractivity contribution in [2.75, 3.05) is 40.8 Å². The average molecular weight is 213 g/mol. The van der Waals surface area contributed by atoms with Crippen molar-refractivity contribution in [2.24, 2.45) is 0 Å². The standard InChI is InChI=1S/C12H27N3/c1-12(2,14(3)4)10-13-11-6-8-15(5)9-7-11/h11,13H,6-10H2,1-5H3. The van der Waals surface area contributed by atoms with Crippen molar-refractivity contribution in [3.8, 4) is 0 Å². The Morgan fingerprint density at radius 2 is 1.80 bits per heavy atom. The first kappa shape index (κ1) is 12.9. The normalized spacial score (nSPS) is 21.2. The molecular weight excluding hydrogens is 186 g/mol. The lowest BCUT2D eigenvalue weighted by Crippen LogP contribution is -2.51. The van der Waals surface area contributed by atoms with Gasteiger partial charge < -0.3 is 15.1 Å². The molecule has 0 aromatic heterocycles. The van der Waals surface area contributed by atoms with Gasteiger partial charge in [0, 0.05) is 18.1 Å². The van der Waals surface area contributed by atoms with Crippen LogP contribution in [0.3, 0.4) is 0 Å². The Morgan fingerprint density at radius 3 is 2.27 bits per heavy atom. The molecule has 0 spiro atoms. The molecule has 1 rings (SSSR count). The fourth-order valence-corrected chi connectivity index (χ4v) is 1.76. The Kier molecular flexibility index (Phi) is 4.56. The zero-order valence-corrected chi connectivity index (χ0v) is 11.0. The van der Waals surface area contributed by atoms with Crippen LogP contribution >= 0.6 is 0 Å². The summed E-state index contributed by atoms with van der Waals surface area (Å²) in [4.78, 5) is 4.70. The monoisotopic (exact) mass is 213 g/mol. The van der Waals surface area contributed by atoms with E-state index in [-0.39, 0.29) is 5.54 Å². The minimum atomic E-state index is 0.253. The molecule has 0 saturated carbocycles. The molecule has 1 aliphatic heterocycles. The Balaban J connectivity index is 2.25. The lowest BCUT2D eigenvalue weighted by Gasteiger charge is -2.36. The van der Waals surface area contributed by atoms with Crippen molar-refractivity contribution < 1.29 is 0 Å². The van der Waals surface area contributed by atoms with Gasteiger partial charge in [-0.15, -0.1) is 0 Å². The summed E-state index contributed by atoms with van der Waals surface area (Å²) in [5.41, 5.74) is 0.253. The van der Waals surface area contributed by atoms with Gasteiger partial charge in [-0.3, -0.25) is 0 Å². The molecule has 0 aromatic rings. The van der Waals surface area contributed by atoms with Crippen LogP contribution in [0, 0.1) is 0 Å². The van der Waals surface area contributed by atoms with Gasteiger partial charge >= 0.3 is 0 Å². The second-order valence-corrected chi connectivity index (χ2v) is 5.67. The van der Waals surface area contributed by atoms with Crippen LogP contribution in [0.25, 0.3) is 0 Å². The minimum Gasteiger partial charge on any atom is -0.312 e. The molecule has 0 bridgehead atoms. The van der Waals surface area contributed by atoms with Gasteiger partial charge in [0.2, 0.25) is 0 Å². The number of rotatable bonds is 4. The number of likely N-dealkylation sites (tertiary alicyclic amines) is 1. The van der Waals surface area contributed by atoms with Crippen molar-refractivity contribution in [1.82, 2.24) is 15.1 Å². The number of likely N-dealkylation sites (N-methyl/N-ethyl adjacent to an activating group) is 1. The van der Waals surface area contributed by atoms with E-state index >= 15 is 0 Å². The summed E-state index contributed by atoms with van der Waals surface area (Å²) in [6, 6.07) is 0.723. The first-order valence-electron chi connectivity index (χ1n) is 6.01. The van der Waals surface area contributed by atoms with E-state index < -0.39 is 0 Å². The third-order valence-electron chi connectivity index (χ3n) is 3.75. The van der Waals surface area contributed by atoms with Crippen molar-refractivity contribution in [3.05, 3.63) is 0 Å². The molecule has 0 aliphatic carbocycles. The van der Waals surface area contributed by atoms with Crippen LogP contribution in [-0.2, 0) is 0 Å². The van der Waals surface area contributed by atoms with Crippen molar-refractivity contribution in [1.29, 1.82) is 0 Å². The molecule has 3 nitrogen and oxygen atoms in total. The van der Waals surface area contributed by atoms with Crippen molar-refractivity contribution in [3.63, 3.8) is 0 Å². The molecule has 1 heterocycles. The van der Waals surface area contributed by atoms with Gasteiger partial charge in [0.1, 0.15) is 0 Å². The van der Waals surface area contributed by atoms with E-state index in [1.54, 1.807) is 0 Å². The maximum Gasteiger partial charge on any atom is 0.0271 e. The van der Waals surface area contributed by atoms with E-state index in [4.69, 9.17) is 0 Å². The summed E-state index contributed by atoms with van der Waals surface area (Å²) in [7, 11) is 6.51. The highest BCUT2D eigenvalue weighted by molar-refractivity contribution is 4.83. The number of piperidine rings is 1. The van der Waals surface area contributed by atoms with Gasteiger partial charge in [-0.05, 0) is 60.9 Å². The largest absolute Gasteiger partial charge is 0.312 e. The summed E-state index contributed by atoms with van der Waals surface area (Å²) in [6.45, 7) is 8.12. The molecule has 1 saturated heterocycles. The zero-order chi connectivity index (χ0) is 11.5. The highest BCUT2D eigenvalue weighted by Crippen LogP contribution is 2.12. The number of nitrogens with zero attached hydrogens (tertiary/aromatic N) is 2. The van der Waals surface area contributed by atoms with Gasteiger partial charge in [0.15, 0.2) is 0 Å². The third-order valence-corrected chi connectivity index (χ3v) is 3.75. The van der Waals surface area contributed by atoms with Gasteiger partial charge in [0.05, 0.1) is 0 Å². The highest BCUT2D eigenvalue weighted by atomic mass is 15.2. The Bertz CT molecular complexity index is 181. The molecule has 0 radical (unpaired) electrons. The van der Waals surface area contributed by atoms with Crippen molar-refractivity contribution >= 4 is 0 Å². The van der Waals surface area contributed by atoms with E-state index in [1.807, 2.05) is 0 Å². The smallest absolute Gasteiger partial charge is 0.0271 e. The lowest BCUT2D eigenvalue weighted by atomic mass is 10.0. The molecule has 15 heavy (non-hydrogen) atoms. The van der Waals surface area contributed by atoms with Crippen LogP contribution in [-0.4, -0.2) is 62.2 Å². The molecule has 1 N–H and O–H groups in total. The van der Waals surface area contributed by atoms with Gasteiger partial charge in [-0.1, -0.05) is 0 Å². The molecule has 1 aliphatic rings. The molecule has 90 valence electrons. The summed E-state index contributed by atoms with van der Waals surface area (Å²) in [5, 5.41) is 3.70. The minimum absolute atomic E-state index is 0.253. The molecule has 0 amide bonds. The average Bonchev–Trinajstić information content (AvgIpc) is 2.17. The first-order valence-corrected chi connectivity index (χ1v) is 6.01. The van der Waals surface area contributed by atoms with Gasteiger partial charge in [-0.25, -0.2) is 0 Å². The van der Waals surface area contributed by atoms with E-state index in [1.165, 1.54) is 25.9 Å². The molecule has 1 fully saturated rings. The molecule has 0 unspecified atom stereocenters. The van der Waals surface area contributed by atoms with E-state index in [0.717, 1.165) is 12.6 Å². The highest BCUT2D eigenvalue weighted by Gasteiger charge is 2.23. The van der Waals surface area contributed by atoms with E-state index in [0.29, 0.717) is 0 Å². The number of nitrogens with one attached hydrogen (secondary N) is 1. The molecular formula is C12H27N3. The SMILES string of the molecule is CN1CCC(NCC(C)(C)N(C)C)CC1. The Morgan fingerprint density at radius 1 is 1.27 bits per heavy atom. The van der Waals surface area contributed by atoms with Crippen LogP contribution in [0.4, 0.5) is 0 Å². The Labute approximate surface area is 94.8 Å². The predicted octanol–water partition coefficient (Wildman–Crippen LogP) is 1.01. The van der Waals surface area contributed by atoms with E-state index in [2.05, 4.69) is 50.1 Å². The van der Waals surface area contributed by atoms with Crippen LogP contribution in [0.1, 0.15) is 26.7 Å². The van der Waals surface area contributed by atoms with Gasteiger partial charge in [-0.2, -0.15) is 0 Å². The number of hydrogen-bond acceptors (Lipinski definition) is 3. The number of hydrogen-bond donors (Lipinski definition) is 1. The topological polar surface area (TPSA) is 18.5 Å². The summed E-state index contributed by atoms with van der Waals surface area (Å²) in [6.07, 6.45) is 2.58. The quantitative estimate of drug-likeness (QED) is 0.752. The van der Waals surface area contributed by atoms with Crippen LogP contribution in [0.15, 0.2) is 0 Å². The summed E-state index contributed by atoms with van der Waals surface area (Å²) in [5.74, 6) is 0.